The smallest absolute Gasteiger partial charge is 0.233 e. The van der Waals surface area contributed by atoms with Gasteiger partial charge in [0.05, 0.1) is 17.5 Å². The van der Waals surface area contributed by atoms with E-state index < -0.39 is 0 Å². The first kappa shape index (κ1) is 13.2. The van der Waals surface area contributed by atoms with Crippen LogP contribution in [0.15, 0.2) is 30.3 Å². The van der Waals surface area contributed by atoms with Crippen molar-refractivity contribution < 1.29 is 9.90 Å². The first-order valence-electron chi connectivity index (χ1n) is 5.22. The topological polar surface area (TPSA) is 49.3 Å². The summed E-state index contributed by atoms with van der Waals surface area (Å²) in [6.45, 7) is 1.70. The number of aliphatic hydroxyl groups is 1. The molecule has 0 fully saturated rings. The van der Waals surface area contributed by atoms with Crippen molar-refractivity contribution in [3.63, 3.8) is 0 Å². The number of hydrogen-bond donors (Lipinski definition) is 2. The lowest BCUT2D eigenvalue weighted by atomic mass is 10.1. The van der Waals surface area contributed by atoms with Gasteiger partial charge in [-0.25, -0.2) is 0 Å². The van der Waals surface area contributed by atoms with Gasteiger partial charge in [-0.15, -0.1) is 0 Å². The monoisotopic (exact) mass is 285 g/mol. The van der Waals surface area contributed by atoms with Crippen molar-refractivity contribution in [2.75, 3.05) is 6.61 Å². The van der Waals surface area contributed by atoms with Crippen molar-refractivity contribution in [2.45, 2.75) is 24.2 Å². The normalized spacial score (nSPS) is 14.2. The molecule has 0 spiro atoms. The highest BCUT2D eigenvalue weighted by Gasteiger charge is 2.15. The van der Waals surface area contributed by atoms with Gasteiger partial charge in [-0.3, -0.25) is 4.79 Å². The van der Waals surface area contributed by atoms with Crippen LogP contribution in [0, 0.1) is 0 Å². The van der Waals surface area contributed by atoms with E-state index in [0.717, 1.165) is 5.56 Å². The summed E-state index contributed by atoms with van der Waals surface area (Å²) in [6, 6.07) is 9.56. The van der Waals surface area contributed by atoms with E-state index in [-0.39, 0.29) is 23.4 Å². The third-order valence-corrected chi connectivity index (χ3v) is 2.67. The SMILES string of the molecule is CC(Br)C(=O)NC(CO)Cc1ccccc1. The minimum absolute atomic E-state index is 0.0552. The zero-order valence-corrected chi connectivity index (χ0v) is 10.8. The first-order chi connectivity index (χ1) is 7.63. The third-order valence-electron chi connectivity index (χ3n) is 2.25. The molecule has 0 aliphatic heterocycles. The molecule has 0 aliphatic rings. The highest BCUT2D eigenvalue weighted by atomic mass is 79.9. The van der Waals surface area contributed by atoms with E-state index in [1.54, 1.807) is 6.92 Å². The van der Waals surface area contributed by atoms with Crippen molar-refractivity contribution in [3.8, 4) is 0 Å². The zero-order chi connectivity index (χ0) is 12.0. The molecular weight excluding hydrogens is 270 g/mol. The van der Waals surface area contributed by atoms with E-state index in [9.17, 15) is 9.90 Å². The number of carbonyl (C=O) groups is 1. The van der Waals surface area contributed by atoms with Crippen LogP contribution in [0.1, 0.15) is 12.5 Å². The van der Waals surface area contributed by atoms with E-state index >= 15 is 0 Å². The van der Waals surface area contributed by atoms with Crippen molar-refractivity contribution in [1.82, 2.24) is 5.32 Å². The summed E-state index contributed by atoms with van der Waals surface area (Å²) in [5.74, 6) is -0.102. The largest absolute Gasteiger partial charge is 0.394 e. The Morgan fingerprint density at radius 1 is 1.44 bits per heavy atom. The molecule has 88 valence electrons. The highest BCUT2D eigenvalue weighted by Crippen LogP contribution is 2.04. The number of rotatable bonds is 5. The number of benzene rings is 1. The minimum Gasteiger partial charge on any atom is -0.394 e. The number of alkyl halides is 1. The molecule has 0 saturated heterocycles. The Balaban J connectivity index is 2.53. The number of carbonyl (C=O) groups excluding carboxylic acids is 1. The van der Waals surface area contributed by atoms with Gasteiger partial charge in [0.25, 0.3) is 0 Å². The van der Waals surface area contributed by atoms with Crippen LogP contribution in [-0.4, -0.2) is 28.5 Å². The van der Waals surface area contributed by atoms with Crippen LogP contribution in [-0.2, 0) is 11.2 Å². The summed E-state index contributed by atoms with van der Waals surface area (Å²) in [4.78, 5) is 11.2. The quantitative estimate of drug-likeness (QED) is 0.806. The predicted molar refractivity (Wildman–Crippen MR) is 67.6 cm³/mol. The Morgan fingerprint density at radius 2 is 2.06 bits per heavy atom. The van der Waals surface area contributed by atoms with Gasteiger partial charge in [0.1, 0.15) is 0 Å². The van der Waals surface area contributed by atoms with Crippen molar-refractivity contribution in [2.24, 2.45) is 0 Å². The van der Waals surface area contributed by atoms with Crippen LogP contribution in [0.5, 0.6) is 0 Å². The predicted octanol–water partition coefficient (Wildman–Crippen LogP) is 1.49. The first-order valence-corrected chi connectivity index (χ1v) is 6.14. The Hall–Kier alpha value is -0.870. The van der Waals surface area contributed by atoms with E-state index in [0.29, 0.717) is 6.42 Å². The summed E-state index contributed by atoms with van der Waals surface area (Å²) in [6.07, 6.45) is 0.642. The van der Waals surface area contributed by atoms with Gasteiger partial charge in [0, 0.05) is 0 Å². The third kappa shape index (κ3) is 4.33. The molecule has 0 aliphatic carbocycles. The average Bonchev–Trinajstić information content (AvgIpc) is 2.29. The van der Waals surface area contributed by atoms with Gasteiger partial charge < -0.3 is 10.4 Å². The maximum Gasteiger partial charge on any atom is 0.233 e. The summed E-state index contributed by atoms with van der Waals surface area (Å²) in [5, 5.41) is 12.0. The summed E-state index contributed by atoms with van der Waals surface area (Å²) >= 11 is 3.19. The Morgan fingerprint density at radius 3 is 2.56 bits per heavy atom. The van der Waals surface area contributed by atoms with Crippen LogP contribution in [0.2, 0.25) is 0 Å². The molecule has 1 aromatic rings. The molecular formula is C12H16BrNO2. The molecule has 2 unspecified atom stereocenters. The van der Waals surface area contributed by atoms with Gasteiger partial charge in [-0.2, -0.15) is 0 Å². The molecule has 1 amide bonds. The molecule has 3 nitrogen and oxygen atoms in total. The fourth-order valence-corrected chi connectivity index (χ4v) is 1.51. The lowest BCUT2D eigenvalue weighted by Gasteiger charge is -2.17. The van der Waals surface area contributed by atoms with E-state index in [1.165, 1.54) is 0 Å². The lowest BCUT2D eigenvalue weighted by Crippen LogP contribution is -2.42. The Kier molecular flexibility index (Phi) is 5.49. The van der Waals surface area contributed by atoms with Crippen molar-refractivity contribution in [3.05, 3.63) is 35.9 Å². The van der Waals surface area contributed by atoms with Crippen molar-refractivity contribution >= 4 is 21.8 Å². The van der Waals surface area contributed by atoms with Crippen LogP contribution in [0.25, 0.3) is 0 Å². The summed E-state index contributed by atoms with van der Waals surface area (Å²) in [7, 11) is 0. The van der Waals surface area contributed by atoms with E-state index in [1.807, 2.05) is 30.3 Å². The van der Waals surface area contributed by atoms with Gasteiger partial charge >= 0.3 is 0 Å². The molecule has 16 heavy (non-hydrogen) atoms. The zero-order valence-electron chi connectivity index (χ0n) is 9.19. The fourth-order valence-electron chi connectivity index (χ4n) is 1.38. The van der Waals surface area contributed by atoms with E-state index in [4.69, 9.17) is 0 Å². The average molecular weight is 286 g/mol. The standard InChI is InChI=1S/C12H16BrNO2/c1-9(13)12(16)14-11(8-15)7-10-5-3-2-4-6-10/h2-6,9,11,15H,7-8H2,1H3,(H,14,16). The number of nitrogens with one attached hydrogen (secondary N) is 1. The molecule has 0 bridgehead atoms. The van der Waals surface area contributed by atoms with Crippen molar-refractivity contribution in [1.29, 1.82) is 0 Å². The molecule has 0 radical (unpaired) electrons. The number of hydrogen-bond acceptors (Lipinski definition) is 2. The maximum absolute atomic E-state index is 11.4. The Bertz CT molecular complexity index is 327. The van der Waals surface area contributed by atoms with Crippen LogP contribution in [0.4, 0.5) is 0 Å². The van der Waals surface area contributed by atoms with Crippen LogP contribution in [0.3, 0.4) is 0 Å². The molecule has 0 aromatic heterocycles. The molecule has 1 rings (SSSR count). The molecule has 2 atom stereocenters. The Labute approximate surface area is 104 Å². The number of aliphatic hydroxyl groups excluding tert-OH is 1. The minimum atomic E-state index is -0.239. The second-order valence-corrected chi connectivity index (χ2v) is 5.07. The summed E-state index contributed by atoms with van der Waals surface area (Å²) in [5.41, 5.74) is 1.10. The number of halogens is 1. The van der Waals surface area contributed by atoms with Gasteiger partial charge in [-0.05, 0) is 18.9 Å². The molecule has 0 saturated carbocycles. The fraction of sp³-hybridized carbons (Fsp3) is 0.417. The molecule has 4 heteroatoms. The van der Waals surface area contributed by atoms with Gasteiger partial charge in [0.15, 0.2) is 0 Å². The van der Waals surface area contributed by atoms with Crippen LogP contribution < -0.4 is 5.32 Å². The molecule has 0 heterocycles. The maximum atomic E-state index is 11.4. The number of amides is 1. The second kappa shape index (κ2) is 6.66. The second-order valence-electron chi connectivity index (χ2n) is 3.69. The van der Waals surface area contributed by atoms with Gasteiger partial charge in [-0.1, -0.05) is 46.3 Å². The highest BCUT2D eigenvalue weighted by molar-refractivity contribution is 9.10. The van der Waals surface area contributed by atoms with Gasteiger partial charge in [0.2, 0.25) is 5.91 Å². The van der Waals surface area contributed by atoms with E-state index in [2.05, 4.69) is 21.2 Å². The molecule has 2 N–H and O–H groups in total. The lowest BCUT2D eigenvalue weighted by molar-refractivity contribution is -0.121. The molecule has 1 aromatic carbocycles. The van der Waals surface area contributed by atoms with Crippen LogP contribution >= 0.6 is 15.9 Å². The summed E-state index contributed by atoms with van der Waals surface area (Å²) < 4.78 is 0.